The normalized spacial score (nSPS) is 15.9. The van der Waals surface area contributed by atoms with Gasteiger partial charge < -0.3 is 10.2 Å². The molecule has 3 nitrogen and oxygen atoms in total. The highest BCUT2D eigenvalue weighted by molar-refractivity contribution is 5.61. The van der Waals surface area contributed by atoms with Gasteiger partial charge in [-0.15, -0.1) is 0 Å². The van der Waals surface area contributed by atoms with Crippen molar-refractivity contribution in [1.82, 2.24) is 10.2 Å². The fourth-order valence-electron chi connectivity index (χ4n) is 1.85. The SMILES string of the molecule is CNCCCN(C)C1=CCC=NCC=C1CF. The van der Waals surface area contributed by atoms with E-state index in [1.165, 1.54) is 0 Å². The van der Waals surface area contributed by atoms with Gasteiger partial charge in [0.15, 0.2) is 0 Å². The fraction of sp³-hybridized carbons (Fsp3) is 0.615. The summed E-state index contributed by atoms with van der Waals surface area (Å²) in [5, 5.41) is 3.12. The Balaban J connectivity index is 2.66. The number of nitrogens with one attached hydrogen (secondary N) is 1. The number of alkyl halides is 1. The minimum atomic E-state index is -0.419. The van der Waals surface area contributed by atoms with Crippen molar-refractivity contribution in [2.24, 2.45) is 4.99 Å². The molecule has 0 spiro atoms. The van der Waals surface area contributed by atoms with Gasteiger partial charge in [0, 0.05) is 37.5 Å². The third kappa shape index (κ3) is 4.69. The standard InChI is InChI=1S/C13H22FN3/c1-15-7-4-10-17(2)13-5-3-8-16-9-6-12(13)11-14/h5-6,8,15H,3-4,7,9-11H2,1-2H3. The molecule has 1 aliphatic rings. The summed E-state index contributed by atoms with van der Waals surface area (Å²) < 4.78 is 13.0. The lowest BCUT2D eigenvalue weighted by atomic mass is 10.1. The number of rotatable bonds is 6. The molecule has 0 fully saturated rings. The van der Waals surface area contributed by atoms with Gasteiger partial charge in [0.25, 0.3) is 0 Å². The molecule has 0 aromatic heterocycles. The number of likely N-dealkylation sites (N-methyl/N-ethyl adjacent to an activating group) is 1. The smallest absolute Gasteiger partial charge is 0.116 e. The van der Waals surface area contributed by atoms with Crippen molar-refractivity contribution < 1.29 is 4.39 Å². The van der Waals surface area contributed by atoms with E-state index in [0.29, 0.717) is 6.54 Å². The first kappa shape index (κ1) is 13.9. The Morgan fingerprint density at radius 2 is 2.29 bits per heavy atom. The maximum Gasteiger partial charge on any atom is 0.116 e. The molecule has 0 aromatic carbocycles. The highest BCUT2D eigenvalue weighted by Crippen LogP contribution is 2.16. The van der Waals surface area contributed by atoms with Crippen LogP contribution in [0.4, 0.5) is 4.39 Å². The first-order valence-corrected chi connectivity index (χ1v) is 6.09. The largest absolute Gasteiger partial charge is 0.375 e. The van der Waals surface area contributed by atoms with Gasteiger partial charge in [-0.1, -0.05) is 12.2 Å². The average Bonchev–Trinajstić information content (AvgIpc) is 2.29. The van der Waals surface area contributed by atoms with Gasteiger partial charge in [0.2, 0.25) is 0 Å². The summed E-state index contributed by atoms with van der Waals surface area (Å²) in [5.41, 5.74) is 1.77. The lowest BCUT2D eigenvalue weighted by Crippen LogP contribution is -2.24. The zero-order valence-electron chi connectivity index (χ0n) is 10.7. The molecule has 0 unspecified atom stereocenters. The van der Waals surface area contributed by atoms with Crippen LogP contribution in [0.3, 0.4) is 0 Å². The Morgan fingerprint density at radius 1 is 1.47 bits per heavy atom. The molecule has 1 rings (SSSR count). The summed E-state index contributed by atoms with van der Waals surface area (Å²) in [6, 6.07) is 0. The number of aliphatic imine (C=N–C) groups is 1. The average molecular weight is 239 g/mol. The van der Waals surface area contributed by atoms with E-state index in [1.54, 1.807) is 0 Å². The molecular formula is C13H22FN3. The van der Waals surface area contributed by atoms with Gasteiger partial charge in [-0.3, -0.25) is 4.99 Å². The van der Waals surface area contributed by atoms with Crippen LogP contribution in [-0.4, -0.2) is 51.5 Å². The predicted molar refractivity (Wildman–Crippen MR) is 71.3 cm³/mol. The molecule has 96 valence electrons. The summed E-state index contributed by atoms with van der Waals surface area (Å²) in [6.07, 6.45) is 7.64. The van der Waals surface area contributed by atoms with Crippen LogP contribution >= 0.6 is 0 Å². The summed E-state index contributed by atoms with van der Waals surface area (Å²) in [6.45, 7) is 2.08. The summed E-state index contributed by atoms with van der Waals surface area (Å²) >= 11 is 0. The summed E-state index contributed by atoms with van der Waals surface area (Å²) in [7, 11) is 3.96. The molecule has 0 amide bonds. The molecule has 0 atom stereocenters. The number of halogens is 1. The number of nitrogens with zero attached hydrogens (tertiary/aromatic N) is 2. The molecule has 0 aliphatic carbocycles. The molecule has 1 heterocycles. The second kappa shape index (κ2) is 8.01. The van der Waals surface area contributed by atoms with Gasteiger partial charge in [-0.2, -0.15) is 0 Å². The van der Waals surface area contributed by atoms with E-state index in [-0.39, 0.29) is 0 Å². The molecular weight excluding hydrogens is 217 g/mol. The monoisotopic (exact) mass is 239 g/mol. The van der Waals surface area contributed by atoms with Crippen LogP contribution in [0.2, 0.25) is 0 Å². The first-order chi connectivity index (χ1) is 8.29. The number of allylic oxidation sites excluding steroid dienone is 2. The molecule has 1 aliphatic heterocycles. The molecule has 0 saturated heterocycles. The van der Waals surface area contributed by atoms with Crippen LogP contribution in [0.15, 0.2) is 28.4 Å². The maximum absolute atomic E-state index is 13.0. The highest BCUT2D eigenvalue weighted by atomic mass is 19.1. The maximum atomic E-state index is 13.0. The minimum absolute atomic E-state index is 0.419. The van der Waals surface area contributed by atoms with Crippen LogP contribution in [0.25, 0.3) is 0 Å². The van der Waals surface area contributed by atoms with E-state index in [9.17, 15) is 4.39 Å². The van der Waals surface area contributed by atoms with Crippen molar-refractivity contribution in [3.8, 4) is 0 Å². The molecule has 0 bridgehead atoms. The van der Waals surface area contributed by atoms with Gasteiger partial charge in [0.05, 0.1) is 6.54 Å². The van der Waals surface area contributed by atoms with E-state index in [4.69, 9.17) is 0 Å². The van der Waals surface area contributed by atoms with Crippen molar-refractivity contribution in [1.29, 1.82) is 0 Å². The Hall–Kier alpha value is -1.16. The van der Waals surface area contributed by atoms with Crippen molar-refractivity contribution in [3.05, 3.63) is 23.4 Å². The molecule has 1 N–H and O–H groups in total. The van der Waals surface area contributed by atoms with Crippen molar-refractivity contribution >= 4 is 6.21 Å². The second-order valence-corrected chi connectivity index (χ2v) is 4.11. The Bertz CT molecular complexity index is 308. The van der Waals surface area contributed by atoms with E-state index >= 15 is 0 Å². The minimum Gasteiger partial charge on any atom is -0.375 e. The molecule has 0 aromatic rings. The third-order valence-corrected chi connectivity index (χ3v) is 2.79. The van der Waals surface area contributed by atoms with Crippen molar-refractivity contribution in [2.75, 3.05) is 40.4 Å². The zero-order chi connectivity index (χ0) is 12.5. The van der Waals surface area contributed by atoms with Crippen LogP contribution in [0.1, 0.15) is 12.8 Å². The Morgan fingerprint density at radius 3 is 3.00 bits per heavy atom. The summed E-state index contributed by atoms with van der Waals surface area (Å²) in [5.74, 6) is 0. The van der Waals surface area contributed by atoms with Crippen molar-refractivity contribution in [3.63, 3.8) is 0 Å². The van der Waals surface area contributed by atoms with Crippen LogP contribution < -0.4 is 5.32 Å². The Kier molecular flexibility index (Phi) is 6.55. The molecule has 4 heteroatoms. The van der Waals surface area contributed by atoms with Crippen LogP contribution in [0, 0.1) is 0 Å². The molecule has 0 saturated carbocycles. The van der Waals surface area contributed by atoms with Crippen LogP contribution in [-0.2, 0) is 0 Å². The Labute approximate surface area is 103 Å². The quantitative estimate of drug-likeness (QED) is 0.716. The fourth-order valence-corrected chi connectivity index (χ4v) is 1.85. The van der Waals surface area contributed by atoms with E-state index < -0.39 is 6.67 Å². The van der Waals surface area contributed by atoms with E-state index in [2.05, 4.69) is 15.2 Å². The topological polar surface area (TPSA) is 27.6 Å². The van der Waals surface area contributed by atoms with Crippen LogP contribution in [0.5, 0.6) is 0 Å². The zero-order valence-corrected chi connectivity index (χ0v) is 10.7. The number of hydrogen-bond donors (Lipinski definition) is 1. The van der Waals surface area contributed by atoms with E-state index in [1.807, 2.05) is 32.5 Å². The third-order valence-electron chi connectivity index (χ3n) is 2.79. The van der Waals surface area contributed by atoms with E-state index in [0.717, 1.165) is 37.2 Å². The van der Waals surface area contributed by atoms with Gasteiger partial charge in [-0.05, 0) is 20.0 Å². The van der Waals surface area contributed by atoms with Gasteiger partial charge in [-0.25, -0.2) is 4.39 Å². The lowest BCUT2D eigenvalue weighted by molar-refractivity contribution is 0.400. The molecule has 0 radical (unpaired) electrons. The van der Waals surface area contributed by atoms with Gasteiger partial charge >= 0.3 is 0 Å². The van der Waals surface area contributed by atoms with Crippen molar-refractivity contribution in [2.45, 2.75) is 12.8 Å². The summed E-state index contributed by atoms with van der Waals surface area (Å²) in [4.78, 5) is 6.28. The van der Waals surface area contributed by atoms with Gasteiger partial charge in [0.1, 0.15) is 6.67 Å². The second-order valence-electron chi connectivity index (χ2n) is 4.11. The molecule has 17 heavy (non-hydrogen) atoms. The predicted octanol–water partition coefficient (Wildman–Crippen LogP) is 1.78. The highest BCUT2D eigenvalue weighted by Gasteiger charge is 2.10. The number of hydrogen-bond acceptors (Lipinski definition) is 3. The first-order valence-electron chi connectivity index (χ1n) is 6.09. The lowest BCUT2D eigenvalue weighted by Gasteiger charge is -2.24.